The van der Waals surface area contributed by atoms with Gasteiger partial charge in [0.25, 0.3) is 0 Å². The SMILES string of the molecule is O=c1[nH]nc2c(N3CC[C@@H](NCc4ccc(F)cc4)C3)nccn12. The van der Waals surface area contributed by atoms with E-state index in [-0.39, 0.29) is 11.5 Å². The molecule has 8 heteroatoms. The van der Waals surface area contributed by atoms with Crippen LogP contribution in [-0.4, -0.2) is 38.7 Å². The van der Waals surface area contributed by atoms with Crippen LogP contribution >= 0.6 is 0 Å². The van der Waals surface area contributed by atoms with Gasteiger partial charge in [0.2, 0.25) is 5.65 Å². The van der Waals surface area contributed by atoms with E-state index in [1.54, 1.807) is 24.5 Å². The van der Waals surface area contributed by atoms with Crippen LogP contribution in [0, 0.1) is 5.82 Å². The summed E-state index contributed by atoms with van der Waals surface area (Å²) >= 11 is 0. The molecule has 0 unspecified atom stereocenters. The molecule has 1 saturated heterocycles. The molecular formula is C16H17FN6O. The first-order valence-corrected chi connectivity index (χ1v) is 7.85. The number of fused-ring (bicyclic) bond motifs is 1. The number of nitrogens with zero attached hydrogens (tertiary/aromatic N) is 4. The molecule has 1 fully saturated rings. The first kappa shape index (κ1) is 14.8. The zero-order valence-electron chi connectivity index (χ0n) is 12.9. The lowest BCUT2D eigenvalue weighted by Crippen LogP contribution is -2.32. The second-order valence-electron chi connectivity index (χ2n) is 5.91. The quantitative estimate of drug-likeness (QED) is 0.745. The highest BCUT2D eigenvalue weighted by atomic mass is 19.1. The first-order valence-electron chi connectivity index (χ1n) is 7.85. The van der Waals surface area contributed by atoms with Crippen molar-refractivity contribution in [2.45, 2.75) is 19.0 Å². The van der Waals surface area contributed by atoms with Crippen molar-refractivity contribution in [3.8, 4) is 0 Å². The minimum absolute atomic E-state index is 0.223. The summed E-state index contributed by atoms with van der Waals surface area (Å²) < 4.78 is 14.4. The predicted octanol–water partition coefficient (Wildman–Crippen LogP) is 0.925. The number of hydrogen-bond acceptors (Lipinski definition) is 5. The summed E-state index contributed by atoms with van der Waals surface area (Å²) in [6.45, 7) is 2.32. The Balaban J connectivity index is 1.44. The van der Waals surface area contributed by atoms with E-state index in [0.29, 0.717) is 24.1 Å². The van der Waals surface area contributed by atoms with Crippen LogP contribution in [0.15, 0.2) is 41.5 Å². The minimum atomic E-state index is -0.265. The molecule has 0 aliphatic carbocycles. The third-order valence-electron chi connectivity index (χ3n) is 4.31. The highest BCUT2D eigenvalue weighted by Crippen LogP contribution is 2.21. The lowest BCUT2D eigenvalue weighted by molar-refractivity contribution is 0.550. The van der Waals surface area contributed by atoms with E-state index in [4.69, 9.17) is 0 Å². The molecule has 7 nitrogen and oxygen atoms in total. The monoisotopic (exact) mass is 328 g/mol. The summed E-state index contributed by atoms with van der Waals surface area (Å²) in [5, 5.41) is 9.98. The molecule has 3 aromatic rings. The number of rotatable bonds is 4. The van der Waals surface area contributed by atoms with Gasteiger partial charge in [-0.1, -0.05) is 12.1 Å². The number of aromatic nitrogens is 4. The van der Waals surface area contributed by atoms with Gasteiger partial charge < -0.3 is 10.2 Å². The largest absolute Gasteiger partial charge is 0.352 e. The van der Waals surface area contributed by atoms with Crippen molar-refractivity contribution in [3.05, 3.63) is 58.5 Å². The highest BCUT2D eigenvalue weighted by Gasteiger charge is 2.25. The molecule has 0 radical (unpaired) electrons. The van der Waals surface area contributed by atoms with E-state index in [2.05, 4.69) is 25.4 Å². The van der Waals surface area contributed by atoms with Crippen molar-refractivity contribution >= 4 is 11.5 Å². The van der Waals surface area contributed by atoms with E-state index in [1.165, 1.54) is 16.5 Å². The van der Waals surface area contributed by atoms with Crippen molar-refractivity contribution in [1.82, 2.24) is 24.9 Å². The van der Waals surface area contributed by atoms with Gasteiger partial charge in [-0.25, -0.2) is 23.7 Å². The molecule has 0 saturated carbocycles. The first-order chi connectivity index (χ1) is 11.7. The van der Waals surface area contributed by atoms with Crippen LogP contribution in [0.2, 0.25) is 0 Å². The van der Waals surface area contributed by atoms with Crippen molar-refractivity contribution < 1.29 is 4.39 Å². The van der Waals surface area contributed by atoms with Crippen molar-refractivity contribution in [1.29, 1.82) is 0 Å². The van der Waals surface area contributed by atoms with Gasteiger partial charge in [0.05, 0.1) is 0 Å². The lowest BCUT2D eigenvalue weighted by atomic mass is 10.2. The second kappa shape index (κ2) is 6.04. The van der Waals surface area contributed by atoms with Crippen molar-refractivity contribution in [2.24, 2.45) is 0 Å². The minimum Gasteiger partial charge on any atom is -0.352 e. The highest BCUT2D eigenvalue weighted by molar-refractivity contribution is 5.63. The molecule has 0 bridgehead atoms. The predicted molar refractivity (Wildman–Crippen MR) is 87.5 cm³/mol. The Kier molecular flexibility index (Phi) is 3.73. The van der Waals surface area contributed by atoms with Gasteiger partial charge in [-0.05, 0) is 24.1 Å². The average molecular weight is 328 g/mol. The second-order valence-corrected chi connectivity index (χ2v) is 5.91. The summed E-state index contributed by atoms with van der Waals surface area (Å²) in [4.78, 5) is 18.2. The Morgan fingerprint density at radius 3 is 3.00 bits per heavy atom. The van der Waals surface area contributed by atoms with Gasteiger partial charge in [0.15, 0.2) is 5.82 Å². The van der Waals surface area contributed by atoms with E-state index < -0.39 is 0 Å². The van der Waals surface area contributed by atoms with E-state index in [1.807, 2.05) is 0 Å². The maximum Gasteiger partial charge on any atom is 0.347 e. The number of benzene rings is 1. The Bertz CT molecular complexity index is 903. The van der Waals surface area contributed by atoms with Gasteiger partial charge in [-0.2, -0.15) is 0 Å². The summed E-state index contributed by atoms with van der Waals surface area (Å²) in [6, 6.07) is 6.82. The zero-order valence-corrected chi connectivity index (χ0v) is 12.9. The zero-order chi connectivity index (χ0) is 16.5. The summed E-state index contributed by atoms with van der Waals surface area (Å²) in [7, 11) is 0. The number of aromatic amines is 1. The Morgan fingerprint density at radius 2 is 2.17 bits per heavy atom. The Morgan fingerprint density at radius 1 is 1.33 bits per heavy atom. The van der Waals surface area contributed by atoms with Crippen LogP contribution in [0.3, 0.4) is 0 Å². The molecule has 124 valence electrons. The van der Waals surface area contributed by atoms with E-state index in [0.717, 1.165) is 25.1 Å². The topological polar surface area (TPSA) is 78.3 Å². The fourth-order valence-electron chi connectivity index (χ4n) is 3.04. The standard InChI is InChI=1S/C16H17FN6O/c17-12-3-1-11(2-4-12)9-19-13-5-7-22(10-13)14-15-20-21-16(24)23(15)8-6-18-14/h1-4,6,8,13,19H,5,7,9-10H2,(H,21,24)/t13-/m1/s1. The van der Waals surface area contributed by atoms with Gasteiger partial charge >= 0.3 is 5.69 Å². The van der Waals surface area contributed by atoms with Crippen LogP contribution in [0.5, 0.6) is 0 Å². The van der Waals surface area contributed by atoms with Crippen molar-refractivity contribution in [2.75, 3.05) is 18.0 Å². The molecule has 1 aliphatic heterocycles. The number of hydrogen-bond donors (Lipinski definition) is 2. The normalized spacial score (nSPS) is 17.7. The molecule has 0 spiro atoms. The van der Waals surface area contributed by atoms with Gasteiger partial charge in [-0.15, -0.1) is 5.10 Å². The van der Waals surface area contributed by atoms with Crippen LogP contribution in [0.25, 0.3) is 5.65 Å². The maximum absolute atomic E-state index is 12.9. The molecule has 1 atom stereocenters. The van der Waals surface area contributed by atoms with Crippen LogP contribution in [0.4, 0.5) is 10.2 Å². The molecule has 2 aromatic heterocycles. The molecule has 2 N–H and O–H groups in total. The van der Waals surface area contributed by atoms with Gasteiger partial charge in [0.1, 0.15) is 5.82 Å². The number of H-pyrrole nitrogens is 1. The molecule has 1 aliphatic rings. The fraction of sp³-hybridized carbons (Fsp3) is 0.312. The van der Waals surface area contributed by atoms with Crippen LogP contribution in [0.1, 0.15) is 12.0 Å². The molecule has 1 aromatic carbocycles. The fourth-order valence-corrected chi connectivity index (χ4v) is 3.04. The maximum atomic E-state index is 12.9. The summed E-state index contributed by atoms with van der Waals surface area (Å²) in [6.07, 6.45) is 4.18. The smallest absolute Gasteiger partial charge is 0.347 e. The Labute approximate surface area is 137 Å². The van der Waals surface area contributed by atoms with Gasteiger partial charge in [-0.3, -0.25) is 0 Å². The van der Waals surface area contributed by atoms with Crippen LogP contribution < -0.4 is 15.9 Å². The lowest BCUT2D eigenvalue weighted by Gasteiger charge is -2.18. The van der Waals surface area contributed by atoms with Gasteiger partial charge in [0, 0.05) is 38.1 Å². The molecule has 3 heterocycles. The molecule has 4 rings (SSSR count). The number of halogens is 1. The number of anilines is 1. The average Bonchev–Trinajstić information content (AvgIpc) is 3.22. The van der Waals surface area contributed by atoms with Crippen LogP contribution in [-0.2, 0) is 6.54 Å². The number of nitrogens with one attached hydrogen (secondary N) is 2. The summed E-state index contributed by atoms with van der Waals surface area (Å²) in [5.41, 5.74) is 1.33. The molecular weight excluding hydrogens is 311 g/mol. The Hall–Kier alpha value is -2.74. The third kappa shape index (κ3) is 2.76. The third-order valence-corrected chi connectivity index (χ3v) is 4.31. The van der Waals surface area contributed by atoms with E-state index >= 15 is 0 Å². The molecule has 0 amide bonds. The summed E-state index contributed by atoms with van der Waals surface area (Å²) in [5.74, 6) is 0.487. The van der Waals surface area contributed by atoms with Crippen molar-refractivity contribution in [3.63, 3.8) is 0 Å². The molecule has 24 heavy (non-hydrogen) atoms. The van der Waals surface area contributed by atoms with E-state index in [9.17, 15) is 9.18 Å².